The second-order valence-corrected chi connectivity index (χ2v) is 8.30. The van der Waals surface area contributed by atoms with Crippen molar-refractivity contribution in [1.82, 2.24) is 0 Å². The van der Waals surface area contributed by atoms with Crippen LogP contribution in [0.5, 0.6) is 5.75 Å². The highest BCUT2D eigenvalue weighted by Crippen LogP contribution is 2.39. The molecule has 2 aromatic carbocycles. The molecular formula is C21H23ClFIO4. The third-order valence-corrected chi connectivity index (χ3v) is 6.20. The van der Waals surface area contributed by atoms with Gasteiger partial charge >= 0.3 is 5.97 Å². The van der Waals surface area contributed by atoms with Crippen LogP contribution in [0.3, 0.4) is 0 Å². The largest absolute Gasteiger partial charge is 0.489 e. The van der Waals surface area contributed by atoms with E-state index in [0.29, 0.717) is 35.3 Å². The third kappa shape index (κ3) is 4.71. The minimum atomic E-state index is -0.412. The summed E-state index contributed by atoms with van der Waals surface area (Å²) in [5.41, 5.74) is -0.0426. The van der Waals surface area contributed by atoms with E-state index in [9.17, 15) is 9.18 Å². The molecule has 2 aromatic rings. The van der Waals surface area contributed by atoms with E-state index in [4.69, 9.17) is 25.8 Å². The molecule has 28 heavy (non-hydrogen) atoms. The number of hydrogen-bond acceptors (Lipinski definition) is 4. The van der Waals surface area contributed by atoms with Gasteiger partial charge in [-0.05, 0) is 79.0 Å². The molecule has 4 nitrogen and oxygen atoms in total. The summed E-state index contributed by atoms with van der Waals surface area (Å²) in [6.07, 6.45) is 4.65. The van der Waals surface area contributed by atoms with E-state index in [1.807, 2.05) is 6.92 Å². The lowest BCUT2D eigenvalue weighted by Gasteiger charge is -2.28. The Bertz CT molecular complexity index is 852. The molecule has 0 bridgehead atoms. The molecule has 1 saturated carbocycles. The number of esters is 1. The second-order valence-electron chi connectivity index (χ2n) is 6.92. The fourth-order valence-electron chi connectivity index (χ4n) is 3.71. The topological polar surface area (TPSA) is 44.8 Å². The van der Waals surface area contributed by atoms with Crippen molar-refractivity contribution in [2.75, 3.05) is 19.3 Å². The SMILES string of the molecule is CCC1(OC(=O)c2cc(I)c(OCCOCCl)c3ccc(F)cc23)CCCC1. The van der Waals surface area contributed by atoms with Crippen LogP contribution in [0, 0.1) is 9.39 Å². The number of halogens is 3. The summed E-state index contributed by atoms with van der Waals surface area (Å²) in [7, 11) is 0. The average Bonchev–Trinajstić information content (AvgIpc) is 3.15. The quantitative estimate of drug-likeness (QED) is 0.184. The summed E-state index contributed by atoms with van der Waals surface area (Å²) >= 11 is 7.62. The van der Waals surface area contributed by atoms with Gasteiger partial charge in [-0.3, -0.25) is 0 Å². The fourth-order valence-corrected chi connectivity index (χ4v) is 4.57. The van der Waals surface area contributed by atoms with E-state index in [-0.39, 0.29) is 6.07 Å². The number of benzene rings is 2. The molecule has 3 rings (SSSR count). The van der Waals surface area contributed by atoms with Gasteiger partial charge in [0.2, 0.25) is 0 Å². The number of fused-ring (bicyclic) bond motifs is 1. The number of ether oxygens (including phenoxy) is 3. The molecule has 0 heterocycles. The Balaban J connectivity index is 1.96. The Morgan fingerprint density at radius 1 is 1.21 bits per heavy atom. The highest BCUT2D eigenvalue weighted by molar-refractivity contribution is 14.1. The van der Waals surface area contributed by atoms with E-state index in [1.165, 1.54) is 12.1 Å². The summed E-state index contributed by atoms with van der Waals surface area (Å²) in [6, 6.07) is 6.15. The molecule has 0 amide bonds. The maximum absolute atomic E-state index is 14.0. The van der Waals surface area contributed by atoms with Gasteiger partial charge in [-0.1, -0.05) is 18.5 Å². The van der Waals surface area contributed by atoms with Crippen molar-refractivity contribution in [3.8, 4) is 5.75 Å². The third-order valence-electron chi connectivity index (χ3n) is 5.24. The minimum absolute atomic E-state index is 0.0936. The lowest BCUT2D eigenvalue weighted by atomic mass is 9.98. The molecule has 1 aliphatic rings. The smallest absolute Gasteiger partial charge is 0.339 e. The Morgan fingerprint density at radius 3 is 2.64 bits per heavy atom. The monoisotopic (exact) mass is 520 g/mol. The summed E-state index contributed by atoms with van der Waals surface area (Å²) in [5.74, 6) is -0.226. The first-order chi connectivity index (χ1) is 13.5. The summed E-state index contributed by atoms with van der Waals surface area (Å²) in [6.45, 7) is 2.68. The Kier molecular flexibility index (Phi) is 7.39. The van der Waals surface area contributed by atoms with E-state index in [0.717, 1.165) is 35.7 Å². The van der Waals surface area contributed by atoms with Crippen LogP contribution in [0.2, 0.25) is 0 Å². The molecule has 0 aromatic heterocycles. The molecule has 152 valence electrons. The number of hydrogen-bond donors (Lipinski definition) is 0. The van der Waals surface area contributed by atoms with Crippen molar-refractivity contribution in [2.24, 2.45) is 0 Å². The predicted molar refractivity (Wildman–Crippen MR) is 116 cm³/mol. The van der Waals surface area contributed by atoms with Gasteiger partial charge < -0.3 is 14.2 Å². The van der Waals surface area contributed by atoms with Crippen LogP contribution < -0.4 is 4.74 Å². The predicted octanol–water partition coefficient (Wildman–Crippen LogP) is 6.05. The average molecular weight is 521 g/mol. The van der Waals surface area contributed by atoms with Crippen LogP contribution >= 0.6 is 34.2 Å². The number of carbonyl (C=O) groups is 1. The normalized spacial score (nSPS) is 15.7. The lowest BCUT2D eigenvalue weighted by molar-refractivity contribution is -0.0170. The van der Waals surface area contributed by atoms with Crippen LogP contribution in [-0.4, -0.2) is 30.9 Å². The van der Waals surface area contributed by atoms with Crippen LogP contribution in [0.1, 0.15) is 49.4 Å². The van der Waals surface area contributed by atoms with Gasteiger partial charge in [0.05, 0.1) is 15.7 Å². The van der Waals surface area contributed by atoms with Crippen molar-refractivity contribution in [1.29, 1.82) is 0 Å². The van der Waals surface area contributed by atoms with Crippen molar-refractivity contribution in [3.63, 3.8) is 0 Å². The molecule has 0 atom stereocenters. The van der Waals surface area contributed by atoms with Gasteiger partial charge in [0.25, 0.3) is 0 Å². The first-order valence-corrected chi connectivity index (χ1v) is 11.0. The number of rotatable bonds is 8. The van der Waals surface area contributed by atoms with Gasteiger partial charge in [-0.2, -0.15) is 0 Å². The molecule has 0 saturated heterocycles. The van der Waals surface area contributed by atoms with Gasteiger partial charge in [0.1, 0.15) is 29.8 Å². The van der Waals surface area contributed by atoms with Crippen molar-refractivity contribution < 1.29 is 23.4 Å². The molecule has 1 aliphatic carbocycles. The molecule has 0 unspecified atom stereocenters. The molecular weight excluding hydrogens is 498 g/mol. The van der Waals surface area contributed by atoms with Crippen LogP contribution in [0.4, 0.5) is 4.39 Å². The lowest BCUT2D eigenvalue weighted by Crippen LogP contribution is -2.31. The summed E-state index contributed by atoms with van der Waals surface area (Å²) in [5, 5.41) is 1.16. The molecule has 0 radical (unpaired) electrons. The summed E-state index contributed by atoms with van der Waals surface area (Å²) < 4.78 is 31.6. The van der Waals surface area contributed by atoms with Crippen molar-refractivity contribution in [2.45, 2.75) is 44.6 Å². The number of alkyl halides is 1. The molecule has 1 fully saturated rings. The van der Waals surface area contributed by atoms with Gasteiger partial charge in [0.15, 0.2) is 0 Å². The second kappa shape index (κ2) is 9.59. The highest BCUT2D eigenvalue weighted by atomic mass is 127. The zero-order valence-electron chi connectivity index (χ0n) is 15.7. The summed E-state index contributed by atoms with van der Waals surface area (Å²) in [4.78, 5) is 13.0. The first-order valence-electron chi connectivity index (χ1n) is 9.41. The molecule has 0 N–H and O–H groups in total. The van der Waals surface area contributed by atoms with E-state index in [1.54, 1.807) is 12.1 Å². The minimum Gasteiger partial charge on any atom is -0.489 e. The van der Waals surface area contributed by atoms with Crippen LogP contribution in [0.15, 0.2) is 24.3 Å². The Hall–Kier alpha value is -1.12. The Morgan fingerprint density at radius 2 is 1.96 bits per heavy atom. The van der Waals surface area contributed by atoms with Crippen molar-refractivity contribution in [3.05, 3.63) is 39.2 Å². The highest BCUT2D eigenvalue weighted by Gasteiger charge is 2.36. The molecule has 0 aliphatic heterocycles. The van der Waals surface area contributed by atoms with Crippen LogP contribution in [0.25, 0.3) is 10.8 Å². The van der Waals surface area contributed by atoms with E-state index in [2.05, 4.69) is 22.6 Å². The van der Waals surface area contributed by atoms with Gasteiger partial charge in [-0.25, -0.2) is 9.18 Å². The van der Waals surface area contributed by atoms with Gasteiger partial charge in [-0.15, -0.1) is 0 Å². The number of carbonyl (C=O) groups excluding carboxylic acids is 1. The van der Waals surface area contributed by atoms with Crippen molar-refractivity contribution >= 4 is 50.9 Å². The fraction of sp³-hybridized carbons (Fsp3) is 0.476. The first kappa shape index (κ1) is 21.6. The molecule has 7 heteroatoms. The zero-order chi connectivity index (χ0) is 20.1. The standard InChI is InChI=1S/C21H23ClFIO4/c1-2-21(7-3-4-8-21)28-20(25)17-12-18(24)19(27-10-9-26-13-22)15-6-5-14(23)11-16(15)17/h5-6,11-12H,2-4,7-10,13H2,1H3. The van der Waals surface area contributed by atoms with E-state index >= 15 is 0 Å². The zero-order valence-corrected chi connectivity index (χ0v) is 18.6. The van der Waals surface area contributed by atoms with Crippen LogP contribution in [-0.2, 0) is 9.47 Å². The van der Waals surface area contributed by atoms with E-state index < -0.39 is 17.4 Å². The maximum atomic E-state index is 14.0. The molecule has 0 spiro atoms. The van der Waals surface area contributed by atoms with Gasteiger partial charge in [0, 0.05) is 10.8 Å². The maximum Gasteiger partial charge on any atom is 0.339 e. The Labute approximate surface area is 182 Å².